The molecule has 1 aromatic heterocycles. The van der Waals surface area contributed by atoms with E-state index in [1.807, 2.05) is 0 Å². The third-order valence-electron chi connectivity index (χ3n) is 2.43. The van der Waals surface area contributed by atoms with E-state index in [1.54, 1.807) is 6.92 Å². The molecule has 0 radical (unpaired) electrons. The molecule has 2 rings (SSSR count). The normalized spacial score (nSPS) is 10.3. The molecule has 20 heavy (non-hydrogen) atoms. The number of benzene rings is 1. The molecule has 0 bridgehead atoms. The molecule has 1 heterocycles. The summed E-state index contributed by atoms with van der Waals surface area (Å²) in [7, 11) is 0. The molecule has 2 aromatic rings. The highest BCUT2D eigenvalue weighted by atomic mass is 19.1. The van der Waals surface area contributed by atoms with Gasteiger partial charge in [-0.25, -0.2) is 9.18 Å². The minimum absolute atomic E-state index is 0.108. The number of nitrogens with one attached hydrogen (secondary N) is 1. The third-order valence-corrected chi connectivity index (χ3v) is 2.43. The van der Waals surface area contributed by atoms with E-state index in [9.17, 15) is 19.3 Å². The Morgan fingerprint density at radius 3 is 2.90 bits per heavy atom. The molecule has 0 aliphatic heterocycles. The van der Waals surface area contributed by atoms with Crippen molar-refractivity contribution in [1.82, 2.24) is 15.4 Å². The quantitative estimate of drug-likeness (QED) is 0.518. The summed E-state index contributed by atoms with van der Waals surface area (Å²) >= 11 is 0. The first-order valence-electron chi connectivity index (χ1n) is 5.56. The van der Waals surface area contributed by atoms with E-state index in [-0.39, 0.29) is 29.2 Å². The number of carbonyl (C=O) groups excluding carboxylic acids is 1. The molecule has 0 saturated carbocycles. The lowest BCUT2D eigenvalue weighted by Crippen LogP contribution is -2.07. The Morgan fingerprint density at radius 1 is 1.50 bits per heavy atom. The molecule has 8 nitrogen and oxygen atoms in total. The number of nitro groups is 1. The number of halogens is 1. The van der Waals surface area contributed by atoms with Crippen LogP contribution in [-0.2, 0) is 4.74 Å². The van der Waals surface area contributed by atoms with Gasteiger partial charge in [0.25, 0.3) is 5.69 Å². The summed E-state index contributed by atoms with van der Waals surface area (Å²) in [5.74, 6) is -1.49. The van der Waals surface area contributed by atoms with Crippen LogP contribution < -0.4 is 0 Å². The zero-order valence-corrected chi connectivity index (χ0v) is 10.3. The van der Waals surface area contributed by atoms with Crippen LogP contribution in [0.25, 0.3) is 11.3 Å². The second-order valence-corrected chi connectivity index (χ2v) is 3.66. The number of nitrogens with zero attached hydrogens (tertiary/aromatic N) is 3. The molecule has 0 unspecified atom stereocenters. The highest BCUT2D eigenvalue weighted by Crippen LogP contribution is 2.30. The zero-order chi connectivity index (χ0) is 14.7. The lowest BCUT2D eigenvalue weighted by molar-refractivity contribution is -0.384. The van der Waals surface area contributed by atoms with Crippen LogP contribution in [0.15, 0.2) is 18.2 Å². The van der Waals surface area contributed by atoms with Crippen molar-refractivity contribution < 1.29 is 18.8 Å². The number of ether oxygens (including phenoxy) is 1. The maximum atomic E-state index is 13.3. The van der Waals surface area contributed by atoms with Gasteiger partial charge in [0.2, 0.25) is 0 Å². The van der Waals surface area contributed by atoms with Crippen LogP contribution in [0, 0.1) is 15.9 Å². The Hall–Kier alpha value is -2.84. The number of rotatable bonds is 4. The van der Waals surface area contributed by atoms with E-state index in [2.05, 4.69) is 15.4 Å². The Bertz CT molecular complexity index is 670. The van der Waals surface area contributed by atoms with Gasteiger partial charge in [-0.05, 0) is 19.1 Å². The fraction of sp³-hybridized carbons (Fsp3) is 0.182. The minimum Gasteiger partial charge on any atom is -0.461 e. The van der Waals surface area contributed by atoms with E-state index < -0.39 is 16.7 Å². The van der Waals surface area contributed by atoms with Crippen LogP contribution >= 0.6 is 0 Å². The van der Waals surface area contributed by atoms with Crippen molar-refractivity contribution in [3.63, 3.8) is 0 Å². The van der Waals surface area contributed by atoms with Crippen molar-refractivity contribution in [3.8, 4) is 11.3 Å². The monoisotopic (exact) mass is 280 g/mol. The molecular formula is C11H9FN4O4. The van der Waals surface area contributed by atoms with Crippen molar-refractivity contribution in [1.29, 1.82) is 0 Å². The summed E-state index contributed by atoms with van der Waals surface area (Å²) in [5, 5.41) is 20.4. The van der Waals surface area contributed by atoms with Gasteiger partial charge >= 0.3 is 5.97 Å². The second-order valence-electron chi connectivity index (χ2n) is 3.66. The Labute approximate surface area is 111 Å². The number of esters is 1. The van der Waals surface area contributed by atoms with Gasteiger partial charge < -0.3 is 4.74 Å². The molecule has 0 spiro atoms. The number of carbonyl (C=O) groups is 1. The predicted molar refractivity (Wildman–Crippen MR) is 64.4 cm³/mol. The molecule has 1 N–H and O–H groups in total. The zero-order valence-electron chi connectivity index (χ0n) is 10.3. The van der Waals surface area contributed by atoms with E-state index in [4.69, 9.17) is 4.74 Å². The summed E-state index contributed by atoms with van der Waals surface area (Å²) in [6.07, 6.45) is 0. The van der Waals surface area contributed by atoms with Crippen LogP contribution in [0.1, 0.15) is 17.4 Å². The molecule has 9 heteroatoms. The summed E-state index contributed by atoms with van der Waals surface area (Å²) < 4.78 is 18.0. The van der Waals surface area contributed by atoms with E-state index in [0.717, 1.165) is 18.2 Å². The Balaban J connectivity index is 2.57. The van der Waals surface area contributed by atoms with Gasteiger partial charge in [-0.2, -0.15) is 10.3 Å². The lowest BCUT2D eigenvalue weighted by Gasteiger charge is -2.02. The molecule has 0 atom stereocenters. The van der Waals surface area contributed by atoms with Crippen molar-refractivity contribution >= 4 is 11.7 Å². The van der Waals surface area contributed by atoms with Crippen LogP contribution in [0.4, 0.5) is 10.1 Å². The Kier molecular flexibility index (Phi) is 3.69. The van der Waals surface area contributed by atoms with Gasteiger partial charge in [0.05, 0.1) is 17.1 Å². The molecule has 0 aliphatic carbocycles. The number of hydrogen-bond acceptors (Lipinski definition) is 6. The van der Waals surface area contributed by atoms with Crippen LogP contribution in [0.5, 0.6) is 0 Å². The van der Waals surface area contributed by atoms with Gasteiger partial charge in [0.15, 0.2) is 5.69 Å². The molecule has 0 amide bonds. The van der Waals surface area contributed by atoms with Crippen molar-refractivity contribution in [2.45, 2.75) is 6.92 Å². The number of nitro benzene ring substituents is 1. The molecule has 0 aliphatic rings. The average molecular weight is 280 g/mol. The number of aromatic nitrogens is 3. The lowest BCUT2D eigenvalue weighted by atomic mass is 10.1. The van der Waals surface area contributed by atoms with Crippen LogP contribution in [0.2, 0.25) is 0 Å². The van der Waals surface area contributed by atoms with E-state index in [1.165, 1.54) is 0 Å². The van der Waals surface area contributed by atoms with E-state index >= 15 is 0 Å². The van der Waals surface area contributed by atoms with Crippen LogP contribution in [-0.4, -0.2) is 32.9 Å². The number of hydrogen-bond donors (Lipinski definition) is 1. The van der Waals surface area contributed by atoms with Gasteiger partial charge in [0, 0.05) is 6.07 Å². The number of H-pyrrole nitrogens is 1. The van der Waals surface area contributed by atoms with Gasteiger partial charge in [0.1, 0.15) is 11.5 Å². The standard InChI is InChI=1S/C11H9FN4O4/c1-2-20-11(17)10-9(13-15-14-10)7-5-6(12)3-4-8(7)16(18)19/h3-5H,2H2,1H3,(H,13,14,15). The molecule has 0 saturated heterocycles. The molecular weight excluding hydrogens is 271 g/mol. The third kappa shape index (κ3) is 2.46. The first kappa shape index (κ1) is 13.6. The maximum Gasteiger partial charge on any atom is 0.361 e. The second kappa shape index (κ2) is 5.43. The number of aromatic amines is 1. The summed E-state index contributed by atoms with van der Waals surface area (Å²) in [4.78, 5) is 21.9. The highest BCUT2D eigenvalue weighted by Gasteiger charge is 2.25. The highest BCUT2D eigenvalue weighted by molar-refractivity contribution is 5.95. The molecule has 1 aromatic carbocycles. The largest absolute Gasteiger partial charge is 0.461 e. The molecule has 0 fully saturated rings. The SMILES string of the molecule is CCOC(=O)c1n[nH]nc1-c1cc(F)ccc1[N+](=O)[O-]. The maximum absolute atomic E-state index is 13.3. The Morgan fingerprint density at radius 2 is 2.25 bits per heavy atom. The molecule has 104 valence electrons. The summed E-state index contributed by atoms with van der Waals surface area (Å²) in [6.45, 7) is 1.71. The topological polar surface area (TPSA) is 111 Å². The predicted octanol–water partition coefficient (Wildman–Crippen LogP) is 1.70. The van der Waals surface area contributed by atoms with Crippen molar-refractivity contribution in [2.75, 3.05) is 6.61 Å². The van der Waals surface area contributed by atoms with Crippen molar-refractivity contribution in [2.24, 2.45) is 0 Å². The van der Waals surface area contributed by atoms with Gasteiger partial charge in [-0.1, -0.05) is 0 Å². The van der Waals surface area contributed by atoms with E-state index in [0.29, 0.717) is 0 Å². The first-order chi connectivity index (χ1) is 9.54. The first-order valence-corrected chi connectivity index (χ1v) is 5.56. The van der Waals surface area contributed by atoms with Gasteiger partial charge in [-0.15, -0.1) is 5.10 Å². The minimum atomic E-state index is -0.796. The van der Waals surface area contributed by atoms with Crippen LogP contribution in [0.3, 0.4) is 0 Å². The smallest absolute Gasteiger partial charge is 0.361 e. The summed E-state index contributed by atoms with van der Waals surface area (Å²) in [6, 6.07) is 2.86. The summed E-state index contributed by atoms with van der Waals surface area (Å²) in [5.41, 5.74) is -0.896. The fourth-order valence-electron chi connectivity index (χ4n) is 1.62. The van der Waals surface area contributed by atoms with Gasteiger partial charge in [-0.3, -0.25) is 10.1 Å². The fourth-order valence-corrected chi connectivity index (χ4v) is 1.62. The van der Waals surface area contributed by atoms with Crippen molar-refractivity contribution in [3.05, 3.63) is 39.8 Å². The average Bonchev–Trinajstić information content (AvgIpc) is 2.87.